The summed E-state index contributed by atoms with van der Waals surface area (Å²) in [6.45, 7) is 4.81. The van der Waals surface area contributed by atoms with Crippen molar-refractivity contribution in [3.05, 3.63) is 30.1 Å². The Morgan fingerprint density at radius 3 is 2.33 bits per heavy atom. The van der Waals surface area contributed by atoms with Crippen molar-refractivity contribution in [2.24, 2.45) is 0 Å². The summed E-state index contributed by atoms with van der Waals surface area (Å²) < 4.78 is 51.9. The molecule has 18 heavy (non-hydrogen) atoms. The van der Waals surface area contributed by atoms with E-state index >= 15 is 0 Å². The molecule has 1 heterocycles. The number of aromatic nitrogens is 1. The van der Waals surface area contributed by atoms with Gasteiger partial charge in [0.1, 0.15) is 6.04 Å². The molecule has 0 fully saturated rings. The van der Waals surface area contributed by atoms with Crippen LogP contribution >= 0.6 is 0 Å². The Hall–Kier alpha value is -0.950. The lowest BCUT2D eigenvalue weighted by molar-refractivity contribution is -0.152. The molecule has 1 aromatic rings. The second-order valence-corrected chi connectivity index (χ2v) is 6.76. The fourth-order valence-corrected chi connectivity index (χ4v) is 1.99. The van der Waals surface area contributed by atoms with E-state index in [4.69, 9.17) is 0 Å². The summed E-state index contributed by atoms with van der Waals surface area (Å²) in [6.07, 6.45) is -2.02. The Balaban J connectivity index is 2.99. The number of hydrogen-bond acceptors (Lipinski definition) is 2. The number of nitrogens with zero attached hydrogens (tertiary/aromatic N) is 1. The average molecular weight is 280 g/mol. The predicted molar refractivity (Wildman–Crippen MR) is 64.1 cm³/mol. The summed E-state index contributed by atoms with van der Waals surface area (Å²) in [5, 5.41) is 0. The van der Waals surface area contributed by atoms with Gasteiger partial charge in [-0.25, -0.2) is 8.93 Å². The summed E-state index contributed by atoms with van der Waals surface area (Å²) >= 11 is 0. The van der Waals surface area contributed by atoms with Crippen LogP contribution in [0.1, 0.15) is 32.4 Å². The molecule has 2 atom stereocenters. The highest BCUT2D eigenvalue weighted by Crippen LogP contribution is 2.33. The van der Waals surface area contributed by atoms with Crippen molar-refractivity contribution in [3.8, 4) is 0 Å². The van der Waals surface area contributed by atoms with E-state index in [-0.39, 0.29) is 5.56 Å². The van der Waals surface area contributed by atoms with Crippen LogP contribution in [-0.4, -0.2) is 20.1 Å². The third kappa shape index (κ3) is 4.06. The molecule has 0 aliphatic carbocycles. The Bertz CT molecular complexity index is 415. The van der Waals surface area contributed by atoms with Crippen LogP contribution in [0, 0.1) is 0 Å². The molecular formula is C11H15F3N2OS. The highest BCUT2D eigenvalue weighted by Gasteiger charge is 2.43. The first-order valence-electron chi connectivity index (χ1n) is 5.27. The summed E-state index contributed by atoms with van der Waals surface area (Å²) in [5.41, 5.74) is -0.0531. The minimum atomic E-state index is -4.52. The lowest BCUT2D eigenvalue weighted by Gasteiger charge is -2.25. The van der Waals surface area contributed by atoms with Gasteiger partial charge in [0, 0.05) is 12.4 Å². The van der Waals surface area contributed by atoms with Gasteiger partial charge in [0.15, 0.2) is 0 Å². The largest absolute Gasteiger partial charge is 0.408 e. The van der Waals surface area contributed by atoms with Crippen molar-refractivity contribution in [2.75, 3.05) is 0 Å². The number of alkyl halides is 3. The van der Waals surface area contributed by atoms with Gasteiger partial charge in [0.2, 0.25) is 0 Å². The van der Waals surface area contributed by atoms with Gasteiger partial charge in [-0.1, -0.05) is 6.07 Å². The molecule has 0 aliphatic rings. The first-order chi connectivity index (χ1) is 8.12. The van der Waals surface area contributed by atoms with E-state index in [0.29, 0.717) is 0 Å². The van der Waals surface area contributed by atoms with Crippen LogP contribution in [0.25, 0.3) is 0 Å². The monoisotopic (exact) mass is 280 g/mol. The van der Waals surface area contributed by atoms with Crippen LogP contribution in [-0.2, 0) is 11.0 Å². The zero-order valence-electron chi connectivity index (χ0n) is 10.3. The van der Waals surface area contributed by atoms with Crippen molar-refractivity contribution >= 4 is 11.0 Å². The van der Waals surface area contributed by atoms with Crippen LogP contribution in [0.15, 0.2) is 24.5 Å². The van der Waals surface area contributed by atoms with Crippen LogP contribution < -0.4 is 4.72 Å². The average Bonchev–Trinajstić information content (AvgIpc) is 2.23. The predicted octanol–water partition coefficient (Wildman–Crippen LogP) is 2.74. The van der Waals surface area contributed by atoms with E-state index in [1.807, 2.05) is 0 Å². The fourth-order valence-electron chi connectivity index (χ4n) is 1.15. The van der Waals surface area contributed by atoms with Gasteiger partial charge in [-0.15, -0.1) is 0 Å². The second-order valence-electron chi connectivity index (χ2n) is 4.76. The molecule has 0 bridgehead atoms. The number of nitrogens with one attached hydrogen (secondary N) is 1. The minimum Gasteiger partial charge on any atom is -0.264 e. The van der Waals surface area contributed by atoms with Gasteiger partial charge in [-0.05, 0) is 32.4 Å². The quantitative estimate of drug-likeness (QED) is 0.925. The Labute approximate surface area is 106 Å². The first-order valence-corrected chi connectivity index (χ1v) is 6.42. The maximum absolute atomic E-state index is 12.9. The Morgan fingerprint density at radius 2 is 1.94 bits per heavy atom. The number of pyridine rings is 1. The lowest BCUT2D eigenvalue weighted by atomic mass is 10.1. The number of rotatable bonds is 3. The van der Waals surface area contributed by atoms with Crippen molar-refractivity contribution in [2.45, 2.75) is 37.7 Å². The van der Waals surface area contributed by atoms with E-state index in [1.54, 1.807) is 20.8 Å². The molecular weight excluding hydrogens is 265 g/mol. The van der Waals surface area contributed by atoms with Gasteiger partial charge in [-0.3, -0.25) is 4.98 Å². The van der Waals surface area contributed by atoms with Crippen LogP contribution in [0.5, 0.6) is 0 Å². The third-order valence-electron chi connectivity index (χ3n) is 2.13. The van der Waals surface area contributed by atoms with Crippen molar-refractivity contribution in [1.82, 2.24) is 9.71 Å². The topological polar surface area (TPSA) is 42.0 Å². The van der Waals surface area contributed by atoms with E-state index in [2.05, 4.69) is 9.71 Å². The standard InChI is InChI=1S/C11H15F3N2OS/c1-10(2,3)18(17)16-9(11(12,13)14)8-5-4-6-15-7-8/h4-7,9,16H,1-3H3/t9-,18?/m0/s1. The SMILES string of the molecule is CC(C)(C)S(=O)N[C@@H](c1cccnc1)C(F)(F)F. The summed E-state index contributed by atoms with van der Waals surface area (Å²) in [5.74, 6) is 0. The second kappa shape index (κ2) is 5.36. The molecule has 0 amide bonds. The molecule has 0 saturated carbocycles. The molecule has 1 aromatic heterocycles. The lowest BCUT2D eigenvalue weighted by Crippen LogP contribution is -2.41. The smallest absolute Gasteiger partial charge is 0.264 e. The van der Waals surface area contributed by atoms with E-state index < -0.39 is 28.0 Å². The minimum absolute atomic E-state index is 0.0531. The highest BCUT2D eigenvalue weighted by atomic mass is 32.2. The number of halogens is 3. The van der Waals surface area contributed by atoms with Crippen LogP contribution in [0.2, 0.25) is 0 Å². The Kier molecular flexibility index (Phi) is 4.50. The maximum Gasteiger partial charge on any atom is 0.408 e. The fraction of sp³-hybridized carbons (Fsp3) is 0.545. The van der Waals surface area contributed by atoms with Crippen molar-refractivity contribution in [3.63, 3.8) is 0 Å². The summed E-state index contributed by atoms with van der Waals surface area (Å²) in [7, 11) is -1.81. The number of hydrogen-bond donors (Lipinski definition) is 1. The molecule has 0 aromatic carbocycles. The van der Waals surface area contributed by atoms with Crippen LogP contribution in [0.4, 0.5) is 13.2 Å². The van der Waals surface area contributed by atoms with Gasteiger partial charge < -0.3 is 0 Å². The molecule has 0 aliphatic heterocycles. The van der Waals surface area contributed by atoms with Gasteiger partial charge >= 0.3 is 6.18 Å². The molecule has 102 valence electrons. The molecule has 1 N–H and O–H groups in total. The molecule has 1 unspecified atom stereocenters. The maximum atomic E-state index is 12.9. The highest BCUT2D eigenvalue weighted by molar-refractivity contribution is 7.84. The van der Waals surface area contributed by atoms with Crippen molar-refractivity contribution in [1.29, 1.82) is 0 Å². The van der Waals surface area contributed by atoms with Gasteiger partial charge in [0.25, 0.3) is 0 Å². The van der Waals surface area contributed by atoms with E-state index in [0.717, 1.165) is 6.20 Å². The molecule has 0 saturated heterocycles. The molecule has 0 radical (unpaired) electrons. The Morgan fingerprint density at radius 1 is 1.33 bits per heavy atom. The molecule has 7 heteroatoms. The zero-order chi connectivity index (χ0) is 14.0. The third-order valence-corrected chi connectivity index (χ3v) is 3.69. The first kappa shape index (κ1) is 15.1. The molecule has 0 spiro atoms. The molecule has 1 rings (SSSR count). The van der Waals surface area contributed by atoms with Gasteiger partial charge in [0.05, 0.1) is 15.7 Å². The normalized spacial score (nSPS) is 16.3. The molecule has 3 nitrogen and oxygen atoms in total. The summed E-state index contributed by atoms with van der Waals surface area (Å²) in [6, 6.07) is 0.736. The van der Waals surface area contributed by atoms with Crippen LogP contribution in [0.3, 0.4) is 0 Å². The van der Waals surface area contributed by atoms with Gasteiger partial charge in [-0.2, -0.15) is 13.2 Å². The van der Waals surface area contributed by atoms with E-state index in [1.165, 1.54) is 18.3 Å². The van der Waals surface area contributed by atoms with E-state index in [9.17, 15) is 17.4 Å². The summed E-state index contributed by atoms with van der Waals surface area (Å²) in [4.78, 5) is 3.65. The van der Waals surface area contributed by atoms with Crippen molar-refractivity contribution < 1.29 is 17.4 Å². The zero-order valence-corrected chi connectivity index (χ0v) is 11.1.